The molecule has 144 valence electrons. The van der Waals surface area contributed by atoms with Gasteiger partial charge in [-0.3, -0.25) is 0 Å². The number of anilines is 1. The minimum absolute atomic E-state index is 0.0577. The molecule has 2 aromatic rings. The van der Waals surface area contributed by atoms with E-state index in [9.17, 15) is 4.79 Å². The summed E-state index contributed by atoms with van der Waals surface area (Å²) < 4.78 is 5.81. The van der Waals surface area contributed by atoms with Crippen molar-refractivity contribution in [3.63, 3.8) is 0 Å². The number of carbonyl (C=O) groups is 1. The zero-order valence-corrected chi connectivity index (χ0v) is 16.7. The zero-order chi connectivity index (χ0) is 19.4. The summed E-state index contributed by atoms with van der Waals surface area (Å²) in [5.74, 6) is 1.61. The van der Waals surface area contributed by atoms with Crippen molar-refractivity contribution in [3.05, 3.63) is 59.2 Å². The Balaban J connectivity index is 1.75. The molecular formula is C23H30N2O2. The molecule has 1 atom stereocenters. The average molecular weight is 367 g/mol. The normalized spacial score (nSPS) is 16.4. The van der Waals surface area contributed by atoms with Gasteiger partial charge in [-0.25, -0.2) is 4.79 Å². The van der Waals surface area contributed by atoms with Crippen LogP contribution in [0.2, 0.25) is 0 Å². The summed E-state index contributed by atoms with van der Waals surface area (Å²) >= 11 is 0. The number of nitrogens with one attached hydrogen (secondary N) is 2. The smallest absolute Gasteiger partial charge is 0.319 e. The van der Waals surface area contributed by atoms with Gasteiger partial charge in [-0.15, -0.1) is 0 Å². The van der Waals surface area contributed by atoms with E-state index < -0.39 is 0 Å². The molecule has 0 bridgehead atoms. The second kappa shape index (κ2) is 8.47. The first-order chi connectivity index (χ1) is 13.0. The summed E-state index contributed by atoms with van der Waals surface area (Å²) in [6.45, 7) is 9.23. The van der Waals surface area contributed by atoms with Crippen LogP contribution in [0.15, 0.2) is 42.5 Å². The van der Waals surface area contributed by atoms with Crippen LogP contribution in [0, 0.1) is 0 Å². The van der Waals surface area contributed by atoms with Crippen molar-refractivity contribution in [1.82, 2.24) is 5.32 Å². The maximum atomic E-state index is 12.8. The molecule has 2 amide bonds. The minimum Gasteiger partial charge on any atom is -0.493 e. The molecular weight excluding hydrogens is 336 g/mol. The molecule has 0 aromatic heterocycles. The Kier molecular flexibility index (Phi) is 6.04. The predicted octanol–water partition coefficient (Wildman–Crippen LogP) is 5.45. The third-order valence-corrected chi connectivity index (χ3v) is 5.11. The van der Waals surface area contributed by atoms with Gasteiger partial charge in [0.1, 0.15) is 5.75 Å². The van der Waals surface area contributed by atoms with E-state index in [0.717, 1.165) is 29.8 Å². The fourth-order valence-corrected chi connectivity index (χ4v) is 3.65. The van der Waals surface area contributed by atoms with E-state index in [2.05, 4.69) is 62.6 Å². The molecule has 0 radical (unpaired) electrons. The standard InChI is InChI=1S/C23H30N2O2/c1-15(2)19-9-7-10-20(16(3)4)22(19)25-23(26)24-18-12-13-27-21-11-6-5-8-17(21)14-18/h5-11,15-16,18H,12-14H2,1-4H3,(H2,24,25,26). The Labute approximate surface area is 162 Å². The highest BCUT2D eigenvalue weighted by molar-refractivity contribution is 5.91. The number of carbonyl (C=O) groups excluding carboxylic acids is 1. The fraction of sp³-hybridized carbons (Fsp3) is 0.435. The van der Waals surface area contributed by atoms with Crippen LogP contribution in [0.1, 0.15) is 62.6 Å². The van der Waals surface area contributed by atoms with Crippen LogP contribution in [0.4, 0.5) is 10.5 Å². The van der Waals surface area contributed by atoms with Gasteiger partial charge < -0.3 is 15.4 Å². The van der Waals surface area contributed by atoms with Crippen molar-refractivity contribution in [1.29, 1.82) is 0 Å². The van der Waals surface area contributed by atoms with Crippen LogP contribution >= 0.6 is 0 Å². The highest BCUT2D eigenvalue weighted by atomic mass is 16.5. The number of rotatable bonds is 4. The summed E-state index contributed by atoms with van der Waals surface area (Å²) in [6.07, 6.45) is 1.58. The van der Waals surface area contributed by atoms with Crippen molar-refractivity contribution >= 4 is 11.7 Å². The Morgan fingerprint density at radius 1 is 1.00 bits per heavy atom. The van der Waals surface area contributed by atoms with Crippen LogP contribution in [0.5, 0.6) is 5.75 Å². The molecule has 2 N–H and O–H groups in total. The minimum atomic E-state index is -0.144. The molecule has 0 saturated heterocycles. The van der Waals surface area contributed by atoms with Gasteiger partial charge in [0.05, 0.1) is 6.61 Å². The molecule has 2 aromatic carbocycles. The summed E-state index contributed by atoms with van der Waals surface area (Å²) in [7, 11) is 0. The third-order valence-electron chi connectivity index (χ3n) is 5.11. The Bertz CT molecular complexity index is 772. The largest absolute Gasteiger partial charge is 0.493 e. The molecule has 0 aliphatic carbocycles. The van der Waals surface area contributed by atoms with Gasteiger partial charge in [0.25, 0.3) is 0 Å². The number of hydrogen-bond acceptors (Lipinski definition) is 2. The topological polar surface area (TPSA) is 50.4 Å². The predicted molar refractivity (Wildman–Crippen MR) is 111 cm³/mol. The van der Waals surface area contributed by atoms with Crippen molar-refractivity contribution in [2.45, 2.75) is 58.4 Å². The molecule has 1 aliphatic rings. The van der Waals surface area contributed by atoms with E-state index in [1.165, 1.54) is 11.1 Å². The molecule has 0 spiro atoms. The third kappa shape index (κ3) is 4.62. The summed E-state index contributed by atoms with van der Waals surface area (Å²) in [5.41, 5.74) is 4.44. The monoisotopic (exact) mass is 366 g/mol. The highest BCUT2D eigenvalue weighted by Crippen LogP contribution is 2.32. The molecule has 4 heteroatoms. The Morgan fingerprint density at radius 3 is 2.33 bits per heavy atom. The maximum absolute atomic E-state index is 12.8. The fourth-order valence-electron chi connectivity index (χ4n) is 3.65. The number of ether oxygens (including phenoxy) is 1. The van der Waals surface area contributed by atoms with E-state index in [1.54, 1.807) is 0 Å². The number of para-hydroxylation sites is 2. The van der Waals surface area contributed by atoms with Gasteiger partial charge in [0, 0.05) is 18.2 Å². The van der Waals surface area contributed by atoms with Gasteiger partial charge in [-0.05, 0) is 41.0 Å². The molecule has 0 fully saturated rings. The number of amides is 2. The lowest BCUT2D eigenvalue weighted by molar-refractivity contribution is 0.245. The molecule has 1 unspecified atom stereocenters. The number of fused-ring (bicyclic) bond motifs is 1. The maximum Gasteiger partial charge on any atom is 0.319 e. The van der Waals surface area contributed by atoms with E-state index in [0.29, 0.717) is 18.4 Å². The first kappa shape index (κ1) is 19.3. The van der Waals surface area contributed by atoms with Crippen LogP contribution < -0.4 is 15.4 Å². The van der Waals surface area contributed by atoms with Gasteiger partial charge in [-0.1, -0.05) is 64.1 Å². The van der Waals surface area contributed by atoms with Crippen LogP contribution in [-0.2, 0) is 6.42 Å². The van der Waals surface area contributed by atoms with Crippen LogP contribution in [0.25, 0.3) is 0 Å². The van der Waals surface area contributed by atoms with Gasteiger partial charge in [0.15, 0.2) is 0 Å². The molecule has 27 heavy (non-hydrogen) atoms. The lowest BCUT2D eigenvalue weighted by atomic mass is 9.93. The summed E-state index contributed by atoms with van der Waals surface area (Å²) in [5, 5.41) is 6.29. The Morgan fingerprint density at radius 2 is 1.67 bits per heavy atom. The molecule has 4 nitrogen and oxygen atoms in total. The second-order valence-corrected chi connectivity index (χ2v) is 7.87. The van der Waals surface area contributed by atoms with E-state index in [1.807, 2.05) is 18.2 Å². The zero-order valence-electron chi connectivity index (χ0n) is 16.7. The van der Waals surface area contributed by atoms with E-state index in [-0.39, 0.29) is 12.1 Å². The molecule has 1 aliphatic heterocycles. The van der Waals surface area contributed by atoms with Crippen molar-refractivity contribution < 1.29 is 9.53 Å². The highest BCUT2D eigenvalue weighted by Gasteiger charge is 2.21. The lowest BCUT2D eigenvalue weighted by Crippen LogP contribution is -2.40. The first-order valence-electron chi connectivity index (χ1n) is 9.86. The van der Waals surface area contributed by atoms with Crippen LogP contribution in [0.3, 0.4) is 0 Å². The Hall–Kier alpha value is -2.49. The summed E-state index contributed by atoms with van der Waals surface area (Å²) in [6, 6.07) is 14.2. The first-order valence-corrected chi connectivity index (χ1v) is 9.86. The molecule has 0 saturated carbocycles. The van der Waals surface area contributed by atoms with E-state index in [4.69, 9.17) is 4.74 Å². The SMILES string of the molecule is CC(C)c1cccc(C(C)C)c1NC(=O)NC1CCOc2ccccc2C1. The number of hydrogen-bond donors (Lipinski definition) is 2. The number of urea groups is 1. The average Bonchev–Trinajstić information content (AvgIpc) is 2.82. The number of benzene rings is 2. The quantitative estimate of drug-likeness (QED) is 0.756. The van der Waals surface area contributed by atoms with Gasteiger partial charge >= 0.3 is 6.03 Å². The van der Waals surface area contributed by atoms with Crippen LogP contribution in [-0.4, -0.2) is 18.7 Å². The lowest BCUT2D eigenvalue weighted by Gasteiger charge is -2.22. The molecule has 3 rings (SSSR count). The van der Waals surface area contributed by atoms with Gasteiger partial charge in [-0.2, -0.15) is 0 Å². The van der Waals surface area contributed by atoms with E-state index >= 15 is 0 Å². The van der Waals surface area contributed by atoms with Crippen molar-refractivity contribution in [2.75, 3.05) is 11.9 Å². The second-order valence-electron chi connectivity index (χ2n) is 7.87. The summed E-state index contributed by atoms with van der Waals surface area (Å²) in [4.78, 5) is 12.8. The van der Waals surface area contributed by atoms with Gasteiger partial charge in [0.2, 0.25) is 0 Å². The van der Waals surface area contributed by atoms with Crippen molar-refractivity contribution in [3.8, 4) is 5.75 Å². The molecule has 1 heterocycles. The van der Waals surface area contributed by atoms with Crippen molar-refractivity contribution in [2.24, 2.45) is 0 Å².